The van der Waals surface area contributed by atoms with E-state index in [-0.39, 0.29) is 0 Å². The summed E-state index contributed by atoms with van der Waals surface area (Å²) in [5, 5.41) is 0. The van der Waals surface area contributed by atoms with Gasteiger partial charge in [-0.3, -0.25) is 9.98 Å². The van der Waals surface area contributed by atoms with E-state index in [2.05, 4.69) is 58.5 Å². The minimum absolute atomic E-state index is 0.784. The monoisotopic (exact) mass is 232 g/mol. The third-order valence-electron chi connectivity index (χ3n) is 3.58. The molecule has 0 fully saturated rings. The van der Waals surface area contributed by atoms with E-state index in [9.17, 15) is 0 Å². The normalized spacial score (nSPS) is 16.0. The van der Waals surface area contributed by atoms with E-state index < -0.39 is 0 Å². The Morgan fingerprint density at radius 3 is 1.56 bits per heavy atom. The summed E-state index contributed by atoms with van der Waals surface area (Å²) in [4.78, 5) is 9.34. The van der Waals surface area contributed by atoms with Crippen LogP contribution in [0.2, 0.25) is 0 Å². The van der Waals surface area contributed by atoms with Crippen molar-refractivity contribution in [1.29, 1.82) is 0 Å². The van der Waals surface area contributed by atoms with Crippen LogP contribution >= 0.6 is 0 Å². The average molecular weight is 232 g/mol. The fourth-order valence-electron chi connectivity index (χ4n) is 2.68. The Labute approximate surface area is 106 Å². The maximum absolute atomic E-state index is 4.67. The first kappa shape index (κ1) is 9.77. The molecule has 0 saturated carbocycles. The average Bonchev–Trinajstić information content (AvgIpc) is 3.01. The van der Waals surface area contributed by atoms with Crippen LogP contribution in [0.3, 0.4) is 0 Å². The Kier molecular flexibility index (Phi) is 1.97. The minimum Gasteiger partial charge on any atom is -0.278 e. The summed E-state index contributed by atoms with van der Waals surface area (Å²) in [6.07, 6.45) is 0. The standard InChI is InChI=1S/C16H12N2/c1-3-7-13-11(5-1)9-17-15(13)16-14-8-4-2-6-12(14)10-18-16/h1-8H,9-10H2. The summed E-state index contributed by atoms with van der Waals surface area (Å²) in [6.45, 7) is 1.57. The molecule has 0 unspecified atom stereocenters. The highest BCUT2D eigenvalue weighted by atomic mass is 14.9. The Morgan fingerprint density at radius 2 is 1.06 bits per heavy atom. The van der Waals surface area contributed by atoms with Gasteiger partial charge in [0.25, 0.3) is 0 Å². The van der Waals surface area contributed by atoms with Gasteiger partial charge in [0.15, 0.2) is 0 Å². The SMILES string of the molecule is c1ccc2c(c1)CN=C2C1=NCc2ccccc21. The highest BCUT2D eigenvalue weighted by Crippen LogP contribution is 2.26. The molecule has 0 radical (unpaired) electrons. The van der Waals surface area contributed by atoms with Gasteiger partial charge in [-0.1, -0.05) is 48.5 Å². The van der Waals surface area contributed by atoms with Crippen LogP contribution in [0.15, 0.2) is 58.5 Å². The summed E-state index contributed by atoms with van der Waals surface area (Å²) in [5.74, 6) is 0. The van der Waals surface area contributed by atoms with E-state index in [1.807, 2.05) is 0 Å². The molecule has 18 heavy (non-hydrogen) atoms. The molecule has 2 nitrogen and oxygen atoms in total. The quantitative estimate of drug-likeness (QED) is 0.722. The maximum atomic E-state index is 4.67. The summed E-state index contributed by atoms with van der Waals surface area (Å²) in [7, 11) is 0. The van der Waals surface area contributed by atoms with Gasteiger partial charge in [-0.05, 0) is 11.1 Å². The van der Waals surface area contributed by atoms with Crippen molar-refractivity contribution in [1.82, 2.24) is 0 Å². The molecule has 0 aliphatic carbocycles. The van der Waals surface area contributed by atoms with Crippen LogP contribution in [0.1, 0.15) is 22.3 Å². The lowest BCUT2D eigenvalue weighted by Crippen LogP contribution is -2.13. The Bertz CT molecular complexity index is 634. The predicted octanol–water partition coefficient (Wildman–Crippen LogP) is 2.99. The van der Waals surface area contributed by atoms with Gasteiger partial charge in [0.2, 0.25) is 0 Å². The predicted molar refractivity (Wildman–Crippen MR) is 73.4 cm³/mol. The number of hydrogen-bond acceptors (Lipinski definition) is 2. The zero-order chi connectivity index (χ0) is 11.9. The van der Waals surface area contributed by atoms with E-state index >= 15 is 0 Å². The maximum Gasteiger partial charge on any atom is 0.0912 e. The van der Waals surface area contributed by atoms with E-state index in [0.29, 0.717) is 0 Å². The second-order valence-corrected chi connectivity index (χ2v) is 4.64. The van der Waals surface area contributed by atoms with Gasteiger partial charge in [0.05, 0.1) is 24.5 Å². The molecule has 0 bridgehead atoms. The molecule has 2 aromatic carbocycles. The molecule has 0 atom stereocenters. The zero-order valence-electron chi connectivity index (χ0n) is 9.93. The van der Waals surface area contributed by atoms with Crippen molar-refractivity contribution in [2.24, 2.45) is 9.98 Å². The van der Waals surface area contributed by atoms with Crippen molar-refractivity contribution in [2.45, 2.75) is 13.1 Å². The van der Waals surface area contributed by atoms with Gasteiger partial charge in [-0.15, -0.1) is 0 Å². The molecule has 4 rings (SSSR count). The largest absolute Gasteiger partial charge is 0.278 e. The number of hydrogen-bond donors (Lipinski definition) is 0. The minimum atomic E-state index is 0.784. The summed E-state index contributed by atoms with van der Waals surface area (Å²) in [5.41, 5.74) is 7.23. The smallest absolute Gasteiger partial charge is 0.0912 e. The first-order valence-electron chi connectivity index (χ1n) is 6.19. The highest BCUT2D eigenvalue weighted by Gasteiger charge is 2.25. The van der Waals surface area contributed by atoms with E-state index in [1.165, 1.54) is 22.3 Å². The van der Waals surface area contributed by atoms with Gasteiger partial charge in [0, 0.05) is 11.1 Å². The second kappa shape index (κ2) is 3.64. The van der Waals surface area contributed by atoms with Gasteiger partial charge < -0.3 is 0 Å². The number of aliphatic imine (C=N–C) groups is 2. The van der Waals surface area contributed by atoms with Crippen molar-refractivity contribution in [3.8, 4) is 0 Å². The topological polar surface area (TPSA) is 24.7 Å². The van der Waals surface area contributed by atoms with Crippen molar-refractivity contribution < 1.29 is 0 Å². The van der Waals surface area contributed by atoms with Gasteiger partial charge in [0.1, 0.15) is 0 Å². The third kappa shape index (κ3) is 1.29. The number of nitrogens with zero attached hydrogens (tertiary/aromatic N) is 2. The Balaban J connectivity index is 1.84. The van der Waals surface area contributed by atoms with E-state index in [1.54, 1.807) is 0 Å². The molecule has 86 valence electrons. The molecular formula is C16H12N2. The molecule has 0 N–H and O–H groups in total. The molecule has 0 saturated heterocycles. The highest BCUT2D eigenvalue weighted by molar-refractivity contribution is 6.55. The van der Waals surface area contributed by atoms with Crippen LogP contribution in [0, 0.1) is 0 Å². The fourth-order valence-corrected chi connectivity index (χ4v) is 2.68. The Morgan fingerprint density at radius 1 is 0.611 bits per heavy atom. The molecule has 2 heterocycles. The zero-order valence-corrected chi connectivity index (χ0v) is 9.93. The first-order valence-corrected chi connectivity index (χ1v) is 6.19. The lowest BCUT2D eigenvalue weighted by Gasteiger charge is -2.05. The van der Waals surface area contributed by atoms with Crippen molar-refractivity contribution in [3.63, 3.8) is 0 Å². The third-order valence-corrected chi connectivity index (χ3v) is 3.58. The molecule has 0 spiro atoms. The van der Waals surface area contributed by atoms with Crippen molar-refractivity contribution in [3.05, 3.63) is 70.8 Å². The second-order valence-electron chi connectivity index (χ2n) is 4.64. The molecule has 2 aliphatic heterocycles. The fraction of sp³-hybridized carbons (Fsp3) is 0.125. The van der Waals surface area contributed by atoms with Crippen molar-refractivity contribution >= 4 is 11.4 Å². The number of benzene rings is 2. The molecule has 0 amide bonds. The summed E-state index contributed by atoms with van der Waals surface area (Å²) in [6, 6.07) is 16.9. The van der Waals surface area contributed by atoms with Crippen LogP contribution in [0.5, 0.6) is 0 Å². The first-order chi connectivity index (χ1) is 8.93. The molecule has 2 aliphatic rings. The molecule has 2 aromatic rings. The summed E-state index contributed by atoms with van der Waals surface area (Å²) < 4.78 is 0. The van der Waals surface area contributed by atoms with Gasteiger partial charge >= 0.3 is 0 Å². The lowest BCUT2D eigenvalue weighted by atomic mass is 9.97. The number of fused-ring (bicyclic) bond motifs is 2. The molecule has 0 aromatic heterocycles. The van der Waals surface area contributed by atoms with E-state index in [4.69, 9.17) is 0 Å². The van der Waals surface area contributed by atoms with Crippen LogP contribution in [0.4, 0.5) is 0 Å². The lowest BCUT2D eigenvalue weighted by molar-refractivity contribution is 1.10. The van der Waals surface area contributed by atoms with Crippen LogP contribution < -0.4 is 0 Å². The van der Waals surface area contributed by atoms with Crippen LogP contribution in [-0.2, 0) is 13.1 Å². The van der Waals surface area contributed by atoms with Gasteiger partial charge in [-0.2, -0.15) is 0 Å². The summed E-state index contributed by atoms with van der Waals surface area (Å²) >= 11 is 0. The number of rotatable bonds is 1. The molecule has 2 heteroatoms. The van der Waals surface area contributed by atoms with Crippen LogP contribution in [-0.4, -0.2) is 11.4 Å². The molecular weight excluding hydrogens is 220 g/mol. The Hall–Kier alpha value is -2.22. The van der Waals surface area contributed by atoms with E-state index in [0.717, 1.165) is 24.5 Å². The van der Waals surface area contributed by atoms with Crippen molar-refractivity contribution in [2.75, 3.05) is 0 Å². The van der Waals surface area contributed by atoms with Crippen LogP contribution in [0.25, 0.3) is 0 Å². The van der Waals surface area contributed by atoms with Gasteiger partial charge in [-0.25, -0.2) is 0 Å².